The molecule has 2 N–H and O–H groups in total. The molecule has 0 radical (unpaired) electrons. The van der Waals surface area contributed by atoms with Gasteiger partial charge in [-0.1, -0.05) is 54.1 Å². The Morgan fingerprint density at radius 1 is 1.14 bits per heavy atom. The average Bonchev–Trinajstić information content (AvgIpc) is 2.44. The van der Waals surface area contributed by atoms with Gasteiger partial charge in [0.25, 0.3) is 0 Å². The van der Waals surface area contributed by atoms with Crippen LogP contribution < -0.4 is 10.6 Å². The fraction of sp³-hybridized carbons (Fsp3) is 0.278. The van der Waals surface area contributed by atoms with Crippen molar-refractivity contribution in [3.8, 4) is 11.1 Å². The van der Waals surface area contributed by atoms with Gasteiger partial charge in [0.05, 0.1) is 5.92 Å². The number of amides is 1. The van der Waals surface area contributed by atoms with Crippen molar-refractivity contribution in [1.82, 2.24) is 10.6 Å². The molecule has 21 heavy (non-hydrogen) atoms. The van der Waals surface area contributed by atoms with Crippen molar-refractivity contribution in [3.05, 3.63) is 59.7 Å². The molecule has 1 fully saturated rings. The fourth-order valence-electron chi connectivity index (χ4n) is 2.45. The highest BCUT2D eigenvalue weighted by Crippen LogP contribution is 2.20. The minimum Gasteiger partial charge on any atom is -0.352 e. The average molecular weight is 280 g/mol. The van der Waals surface area contributed by atoms with Crippen LogP contribution in [0.4, 0.5) is 0 Å². The number of hydrogen-bond acceptors (Lipinski definition) is 2. The number of carbonyl (C=O) groups excluding carboxylic acids is 1. The van der Waals surface area contributed by atoms with E-state index in [1.807, 2.05) is 0 Å². The first kappa shape index (κ1) is 13.8. The number of hydrogen-bond donors (Lipinski definition) is 2. The lowest BCUT2D eigenvalue weighted by Crippen LogP contribution is -2.50. The Morgan fingerprint density at radius 2 is 1.90 bits per heavy atom. The van der Waals surface area contributed by atoms with Crippen LogP contribution in [0.25, 0.3) is 11.1 Å². The van der Waals surface area contributed by atoms with E-state index in [-0.39, 0.29) is 11.8 Å². The molecular formula is C18H20N2O. The van der Waals surface area contributed by atoms with Crippen LogP contribution in [0.3, 0.4) is 0 Å². The molecule has 1 saturated heterocycles. The standard InChI is InChI=1S/C18H20N2O/c1-13-3-2-4-16(9-13)15-7-5-14(6-8-15)10-20-18(21)17-11-19-12-17/h2-9,17,19H,10-12H2,1H3,(H,20,21). The first-order chi connectivity index (χ1) is 10.2. The summed E-state index contributed by atoms with van der Waals surface area (Å²) in [5.41, 5.74) is 4.83. The minimum atomic E-state index is 0.150. The highest BCUT2D eigenvalue weighted by atomic mass is 16.2. The maximum atomic E-state index is 11.8. The van der Waals surface area contributed by atoms with Crippen LogP contribution in [-0.2, 0) is 11.3 Å². The summed E-state index contributed by atoms with van der Waals surface area (Å²) in [6.07, 6.45) is 0. The largest absolute Gasteiger partial charge is 0.352 e. The Kier molecular flexibility index (Phi) is 4.02. The smallest absolute Gasteiger partial charge is 0.225 e. The molecule has 0 aliphatic carbocycles. The van der Waals surface area contributed by atoms with Crippen LogP contribution in [0.5, 0.6) is 0 Å². The zero-order valence-electron chi connectivity index (χ0n) is 12.2. The molecule has 3 heteroatoms. The van der Waals surface area contributed by atoms with E-state index in [0.717, 1.165) is 18.7 Å². The molecule has 3 rings (SSSR count). The van der Waals surface area contributed by atoms with Crippen molar-refractivity contribution in [2.24, 2.45) is 5.92 Å². The second kappa shape index (κ2) is 6.10. The number of nitrogens with one attached hydrogen (secondary N) is 2. The Balaban J connectivity index is 1.62. The maximum absolute atomic E-state index is 11.8. The molecule has 0 unspecified atom stereocenters. The molecule has 1 aliphatic rings. The normalized spacial score (nSPS) is 14.5. The van der Waals surface area contributed by atoms with Crippen molar-refractivity contribution < 1.29 is 4.79 Å². The summed E-state index contributed by atoms with van der Waals surface area (Å²) in [4.78, 5) is 11.8. The lowest BCUT2D eigenvalue weighted by molar-refractivity contribution is -0.126. The van der Waals surface area contributed by atoms with Crippen LogP contribution in [0.2, 0.25) is 0 Å². The highest BCUT2D eigenvalue weighted by Gasteiger charge is 2.24. The molecule has 2 aromatic carbocycles. The van der Waals surface area contributed by atoms with E-state index in [0.29, 0.717) is 6.54 Å². The Morgan fingerprint density at radius 3 is 2.52 bits per heavy atom. The molecule has 0 saturated carbocycles. The van der Waals surface area contributed by atoms with Crippen LogP contribution >= 0.6 is 0 Å². The van der Waals surface area contributed by atoms with Gasteiger partial charge in [-0.3, -0.25) is 4.79 Å². The second-order valence-electron chi connectivity index (χ2n) is 5.64. The molecule has 2 aromatic rings. The predicted octanol–water partition coefficient (Wildman–Crippen LogP) is 2.50. The van der Waals surface area contributed by atoms with Crippen molar-refractivity contribution in [3.63, 3.8) is 0 Å². The van der Waals surface area contributed by atoms with Gasteiger partial charge in [0.1, 0.15) is 0 Å². The number of benzene rings is 2. The van der Waals surface area contributed by atoms with E-state index >= 15 is 0 Å². The number of carbonyl (C=O) groups is 1. The van der Waals surface area contributed by atoms with Crippen molar-refractivity contribution in [2.75, 3.05) is 13.1 Å². The van der Waals surface area contributed by atoms with Crippen LogP contribution in [0, 0.1) is 12.8 Å². The monoisotopic (exact) mass is 280 g/mol. The second-order valence-corrected chi connectivity index (χ2v) is 5.64. The van der Waals surface area contributed by atoms with E-state index in [4.69, 9.17) is 0 Å². The van der Waals surface area contributed by atoms with Gasteiger partial charge in [-0.05, 0) is 23.6 Å². The molecule has 0 bridgehead atoms. The summed E-state index contributed by atoms with van der Waals surface area (Å²) in [5, 5.41) is 6.10. The zero-order valence-corrected chi connectivity index (χ0v) is 12.2. The first-order valence-electron chi connectivity index (χ1n) is 7.37. The molecule has 3 nitrogen and oxygen atoms in total. The topological polar surface area (TPSA) is 41.1 Å². The number of rotatable bonds is 4. The van der Waals surface area contributed by atoms with Gasteiger partial charge in [-0.25, -0.2) is 0 Å². The molecule has 0 spiro atoms. The van der Waals surface area contributed by atoms with E-state index < -0.39 is 0 Å². The van der Waals surface area contributed by atoms with Gasteiger partial charge < -0.3 is 10.6 Å². The van der Waals surface area contributed by atoms with E-state index in [9.17, 15) is 4.79 Å². The van der Waals surface area contributed by atoms with Crippen molar-refractivity contribution in [1.29, 1.82) is 0 Å². The summed E-state index contributed by atoms with van der Waals surface area (Å²) in [7, 11) is 0. The highest BCUT2D eigenvalue weighted by molar-refractivity contribution is 5.80. The minimum absolute atomic E-state index is 0.150. The third-order valence-electron chi connectivity index (χ3n) is 3.92. The third kappa shape index (κ3) is 3.31. The lowest BCUT2D eigenvalue weighted by atomic mass is 10.0. The van der Waals surface area contributed by atoms with Gasteiger partial charge in [0.15, 0.2) is 0 Å². The quantitative estimate of drug-likeness (QED) is 0.903. The summed E-state index contributed by atoms with van der Waals surface area (Å²) >= 11 is 0. The van der Waals surface area contributed by atoms with Gasteiger partial charge in [-0.15, -0.1) is 0 Å². The van der Waals surface area contributed by atoms with E-state index in [2.05, 4.69) is 66.1 Å². The molecular weight excluding hydrogens is 260 g/mol. The van der Waals surface area contributed by atoms with Crippen molar-refractivity contribution in [2.45, 2.75) is 13.5 Å². The predicted molar refractivity (Wildman–Crippen MR) is 84.8 cm³/mol. The molecule has 1 heterocycles. The van der Waals surface area contributed by atoms with Crippen LogP contribution in [0.15, 0.2) is 48.5 Å². The fourth-order valence-corrected chi connectivity index (χ4v) is 2.45. The van der Waals surface area contributed by atoms with Gasteiger partial charge in [0, 0.05) is 19.6 Å². The molecule has 0 atom stereocenters. The Labute approximate surface area is 125 Å². The van der Waals surface area contributed by atoms with Gasteiger partial charge >= 0.3 is 0 Å². The molecule has 1 amide bonds. The van der Waals surface area contributed by atoms with E-state index in [1.54, 1.807) is 0 Å². The molecule has 0 aromatic heterocycles. The third-order valence-corrected chi connectivity index (χ3v) is 3.92. The SMILES string of the molecule is Cc1cccc(-c2ccc(CNC(=O)C3CNC3)cc2)c1. The van der Waals surface area contributed by atoms with Gasteiger partial charge in [-0.2, -0.15) is 0 Å². The Hall–Kier alpha value is -2.13. The van der Waals surface area contributed by atoms with Gasteiger partial charge in [0.2, 0.25) is 5.91 Å². The lowest BCUT2D eigenvalue weighted by Gasteiger charge is -2.25. The first-order valence-corrected chi connectivity index (χ1v) is 7.37. The van der Waals surface area contributed by atoms with Crippen LogP contribution in [-0.4, -0.2) is 19.0 Å². The maximum Gasteiger partial charge on any atom is 0.225 e. The summed E-state index contributed by atoms with van der Waals surface area (Å²) in [6, 6.07) is 16.9. The Bertz CT molecular complexity index is 630. The summed E-state index contributed by atoms with van der Waals surface area (Å²) < 4.78 is 0. The summed E-state index contributed by atoms with van der Waals surface area (Å²) in [5.74, 6) is 0.299. The van der Waals surface area contributed by atoms with Crippen molar-refractivity contribution >= 4 is 5.91 Å². The van der Waals surface area contributed by atoms with Crippen LogP contribution in [0.1, 0.15) is 11.1 Å². The molecule has 1 aliphatic heterocycles. The number of aryl methyl sites for hydroxylation is 1. The summed E-state index contributed by atoms with van der Waals surface area (Å²) in [6.45, 7) is 4.31. The molecule has 108 valence electrons. The zero-order chi connectivity index (χ0) is 14.7. The van der Waals surface area contributed by atoms with E-state index in [1.165, 1.54) is 16.7 Å².